The van der Waals surface area contributed by atoms with Gasteiger partial charge in [0.1, 0.15) is 18.9 Å². The summed E-state index contributed by atoms with van der Waals surface area (Å²) in [5, 5.41) is 5.63. The molecule has 0 saturated heterocycles. The van der Waals surface area contributed by atoms with Crippen molar-refractivity contribution in [2.75, 3.05) is 25.1 Å². The molecule has 4 rings (SSSR count). The summed E-state index contributed by atoms with van der Waals surface area (Å²) in [4.78, 5) is 39.4. The van der Waals surface area contributed by atoms with Gasteiger partial charge in [0.15, 0.2) is 0 Å². The van der Waals surface area contributed by atoms with Crippen LogP contribution in [0.5, 0.6) is 5.75 Å². The number of hydrogen-bond acceptors (Lipinski definition) is 5. The average Bonchev–Trinajstić information content (AvgIpc) is 3.18. The summed E-state index contributed by atoms with van der Waals surface area (Å²) in [7, 11) is 0. The molecule has 2 aliphatic heterocycles. The van der Waals surface area contributed by atoms with Gasteiger partial charge in [-0.2, -0.15) is 0 Å². The van der Waals surface area contributed by atoms with Crippen molar-refractivity contribution in [1.82, 2.24) is 10.2 Å². The van der Waals surface area contributed by atoms with Crippen molar-refractivity contribution in [2.24, 2.45) is 0 Å². The van der Waals surface area contributed by atoms with Gasteiger partial charge in [-0.25, -0.2) is 9.59 Å². The van der Waals surface area contributed by atoms with Gasteiger partial charge in [0.25, 0.3) is 0 Å². The van der Waals surface area contributed by atoms with Crippen LogP contribution in [0.1, 0.15) is 31.0 Å². The first kappa shape index (κ1) is 21.4. The maximum Gasteiger partial charge on any atom is 0.338 e. The van der Waals surface area contributed by atoms with Crippen LogP contribution >= 0.6 is 0 Å². The van der Waals surface area contributed by atoms with Crippen LogP contribution < -0.4 is 15.4 Å². The molecule has 0 spiro atoms. The molecular weight excluding hydrogens is 410 g/mol. The molecule has 2 aromatic rings. The van der Waals surface area contributed by atoms with E-state index < -0.39 is 18.0 Å². The summed E-state index contributed by atoms with van der Waals surface area (Å²) in [6.07, 6.45) is 0.903. The van der Waals surface area contributed by atoms with E-state index in [1.807, 2.05) is 43.3 Å². The summed E-state index contributed by atoms with van der Waals surface area (Å²) < 4.78 is 10.9. The average molecular weight is 435 g/mol. The third-order valence-corrected chi connectivity index (χ3v) is 5.48. The van der Waals surface area contributed by atoms with Crippen LogP contribution in [0.2, 0.25) is 0 Å². The van der Waals surface area contributed by atoms with Crippen molar-refractivity contribution in [3.63, 3.8) is 0 Å². The van der Waals surface area contributed by atoms with Crippen LogP contribution in [0.25, 0.3) is 0 Å². The number of nitrogens with zero attached hydrogens (tertiary/aromatic N) is 1. The van der Waals surface area contributed by atoms with Gasteiger partial charge >= 0.3 is 12.0 Å². The van der Waals surface area contributed by atoms with Crippen LogP contribution in [0.4, 0.5) is 10.5 Å². The van der Waals surface area contributed by atoms with Crippen LogP contribution in [0, 0.1) is 0 Å². The van der Waals surface area contributed by atoms with Crippen molar-refractivity contribution in [1.29, 1.82) is 0 Å². The number of urea groups is 1. The highest BCUT2D eigenvalue weighted by Crippen LogP contribution is 2.38. The molecule has 0 bridgehead atoms. The maximum atomic E-state index is 13.0. The van der Waals surface area contributed by atoms with Gasteiger partial charge in [0, 0.05) is 11.3 Å². The summed E-state index contributed by atoms with van der Waals surface area (Å²) in [5.74, 6) is -0.311. The number of amides is 3. The van der Waals surface area contributed by atoms with E-state index in [2.05, 4.69) is 17.6 Å². The number of nitrogens with one attached hydrogen (secondary N) is 2. The zero-order chi connectivity index (χ0) is 22.7. The number of rotatable bonds is 7. The number of hydrogen-bond donors (Lipinski definition) is 2. The minimum atomic E-state index is -0.712. The van der Waals surface area contributed by atoms with Crippen molar-refractivity contribution in [2.45, 2.75) is 26.3 Å². The topological polar surface area (TPSA) is 97.0 Å². The van der Waals surface area contributed by atoms with E-state index >= 15 is 0 Å². The molecule has 0 aromatic heterocycles. The Kier molecular flexibility index (Phi) is 6.11. The van der Waals surface area contributed by atoms with Crippen molar-refractivity contribution < 1.29 is 23.9 Å². The highest BCUT2D eigenvalue weighted by atomic mass is 16.5. The minimum Gasteiger partial charge on any atom is -0.494 e. The molecule has 8 nitrogen and oxygen atoms in total. The standard InChI is InChI=1S/C24H25N3O5/c1-3-15-9-11-16(12-10-15)25-20(28)13-27-18-14-32-23(29)21(18)22(26-24(27)30)17-7-5-6-8-19(17)31-4-2/h5-12,22H,3-4,13-14H2,1-2H3,(H,25,28)(H,26,30). The number of ether oxygens (including phenoxy) is 2. The van der Waals surface area contributed by atoms with E-state index in [0.29, 0.717) is 34.9 Å². The van der Waals surface area contributed by atoms with E-state index in [1.165, 1.54) is 4.90 Å². The van der Waals surface area contributed by atoms with Crippen LogP contribution in [0.3, 0.4) is 0 Å². The minimum absolute atomic E-state index is 0.0621. The fourth-order valence-electron chi connectivity index (χ4n) is 3.89. The molecule has 166 valence electrons. The third kappa shape index (κ3) is 4.16. The van der Waals surface area contributed by atoms with Gasteiger partial charge in [-0.1, -0.05) is 37.3 Å². The van der Waals surface area contributed by atoms with Gasteiger partial charge in [-0.05, 0) is 37.1 Å². The molecule has 1 atom stereocenters. The highest BCUT2D eigenvalue weighted by molar-refractivity contribution is 6.00. The lowest BCUT2D eigenvalue weighted by atomic mass is 9.95. The molecular formula is C24H25N3O5. The third-order valence-electron chi connectivity index (χ3n) is 5.48. The fourth-order valence-corrected chi connectivity index (χ4v) is 3.89. The Balaban J connectivity index is 1.58. The zero-order valence-electron chi connectivity index (χ0n) is 18.0. The zero-order valence-corrected chi connectivity index (χ0v) is 18.0. The molecule has 0 radical (unpaired) electrons. The van der Waals surface area contributed by atoms with Crippen LogP contribution in [0.15, 0.2) is 59.8 Å². The molecule has 0 saturated carbocycles. The first-order valence-electron chi connectivity index (χ1n) is 10.6. The van der Waals surface area contributed by atoms with E-state index in [-0.39, 0.29) is 19.1 Å². The Morgan fingerprint density at radius 2 is 1.91 bits per heavy atom. The van der Waals surface area contributed by atoms with Crippen molar-refractivity contribution in [3.8, 4) is 5.75 Å². The van der Waals surface area contributed by atoms with E-state index in [9.17, 15) is 14.4 Å². The first-order chi connectivity index (χ1) is 15.5. The van der Waals surface area contributed by atoms with E-state index in [4.69, 9.17) is 9.47 Å². The lowest BCUT2D eigenvalue weighted by molar-refractivity contribution is -0.136. The lowest BCUT2D eigenvalue weighted by Gasteiger charge is -2.33. The molecule has 2 N–H and O–H groups in total. The molecule has 0 aliphatic carbocycles. The number of carbonyl (C=O) groups is 3. The molecule has 0 fully saturated rings. The largest absolute Gasteiger partial charge is 0.494 e. The Labute approximate surface area is 186 Å². The Hall–Kier alpha value is -3.81. The monoisotopic (exact) mass is 435 g/mol. The second-order valence-corrected chi connectivity index (χ2v) is 7.47. The second-order valence-electron chi connectivity index (χ2n) is 7.47. The number of para-hydroxylation sites is 1. The fraction of sp³-hybridized carbons (Fsp3) is 0.292. The smallest absolute Gasteiger partial charge is 0.338 e. The molecule has 2 aliphatic rings. The number of benzene rings is 2. The van der Waals surface area contributed by atoms with Gasteiger partial charge in [-0.3, -0.25) is 9.69 Å². The highest BCUT2D eigenvalue weighted by Gasteiger charge is 2.43. The summed E-state index contributed by atoms with van der Waals surface area (Å²) in [5.41, 5.74) is 3.17. The predicted octanol–water partition coefficient (Wildman–Crippen LogP) is 3.16. The maximum absolute atomic E-state index is 13.0. The van der Waals surface area contributed by atoms with Gasteiger partial charge in [0.2, 0.25) is 5.91 Å². The van der Waals surface area contributed by atoms with Crippen LogP contribution in [-0.2, 0) is 20.7 Å². The quantitative estimate of drug-likeness (QED) is 0.651. The van der Waals surface area contributed by atoms with Crippen LogP contribution in [-0.4, -0.2) is 42.6 Å². The number of esters is 1. The van der Waals surface area contributed by atoms with Gasteiger partial charge in [0.05, 0.1) is 23.9 Å². The predicted molar refractivity (Wildman–Crippen MR) is 118 cm³/mol. The number of carbonyl (C=O) groups excluding carboxylic acids is 3. The number of anilines is 1. The van der Waals surface area contributed by atoms with E-state index in [1.54, 1.807) is 12.1 Å². The Morgan fingerprint density at radius 3 is 2.62 bits per heavy atom. The Morgan fingerprint density at radius 1 is 1.16 bits per heavy atom. The molecule has 8 heteroatoms. The molecule has 3 amide bonds. The molecule has 1 unspecified atom stereocenters. The lowest BCUT2D eigenvalue weighted by Crippen LogP contribution is -2.49. The summed E-state index contributed by atoms with van der Waals surface area (Å²) in [6.45, 7) is 4.06. The van der Waals surface area contributed by atoms with Crippen molar-refractivity contribution >= 4 is 23.6 Å². The Bertz CT molecular complexity index is 1080. The number of cyclic esters (lactones) is 1. The molecule has 2 aromatic carbocycles. The normalized spacial score (nSPS) is 17.6. The summed E-state index contributed by atoms with van der Waals surface area (Å²) in [6, 6.07) is 13.6. The first-order valence-corrected chi connectivity index (χ1v) is 10.6. The van der Waals surface area contributed by atoms with Gasteiger partial charge < -0.3 is 20.1 Å². The summed E-state index contributed by atoms with van der Waals surface area (Å²) >= 11 is 0. The number of aryl methyl sites for hydroxylation is 1. The second kappa shape index (κ2) is 9.13. The van der Waals surface area contributed by atoms with Gasteiger partial charge in [-0.15, -0.1) is 0 Å². The molecule has 2 heterocycles. The molecule has 32 heavy (non-hydrogen) atoms. The SMILES string of the molecule is CCOc1ccccc1C1NC(=O)N(CC(=O)Nc2ccc(CC)cc2)C2=C1C(=O)OC2. The van der Waals surface area contributed by atoms with Crippen molar-refractivity contribution in [3.05, 3.63) is 70.9 Å². The van der Waals surface area contributed by atoms with E-state index in [0.717, 1.165) is 12.0 Å².